The summed E-state index contributed by atoms with van der Waals surface area (Å²) >= 11 is 0. The molecule has 0 saturated heterocycles. The van der Waals surface area contributed by atoms with Crippen LogP contribution in [0, 0.1) is 0 Å². The van der Waals surface area contributed by atoms with E-state index in [-0.39, 0.29) is 6.61 Å². The summed E-state index contributed by atoms with van der Waals surface area (Å²) in [6, 6.07) is 22.9. The zero-order valence-corrected chi connectivity index (χ0v) is 15.3. The number of anilines is 1. The van der Waals surface area contributed by atoms with Crippen LogP contribution in [0.15, 0.2) is 78.9 Å². The summed E-state index contributed by atoms with van der Waals surface area (Å²) in [6.07, 6.45) is -0.532. The molecule has 0 bridgehead atoms. The monoisotopic (exact) mass is 377 g/mol. The Morgan fingerprint density at radius 2 is 1.43 bits per heavy atom. The van der Waals surface area contributed by atoms with Crippen molar-refractivity contribution in [3.63, 3.8) is 0 Å². The number of amides is 1. The van der Waals surface area contributed by atoms with Gasteiger partial charge < -0.3 is 14.2 Å². The lowest BCUT2D eigenvalue weighted by Gasteiger charge is -2.09. The summed E-state index contributed by atoms with van der Waals surface area (Å²) in [5.41, 5.74) is 1.95. The predicted octanol–water partition coefficient (Wildman–Crippen LogP) is 5.01. The second-order valence-electron chi connectivity index (χ2n) is 5.83. The molecule has 0 saturated carbocycles. The average Bonchev–Trinajstić information content (AvgIpc) is 2.74. The fraction of sp³-hybridized carbons (Fsp3) is 0.0909. The molecular formula is C22H19NO5. The van der Waals surface area contributed by atoms with Crippen molar-refractivity contribution >= 4 is 17.7 Å². The van der Waals surface area contributed by atoms with Crippen molar-refractivity contribution in [3.8, 4) is 11.5 Å². The van der Waals surface area contributed by atoms with Crippen molar-refractivity contribution in [2.24, 2.45) is 0 Å². The van der Waals surface area contributed by atoms with Crippen LogP contribution in [0.2, 0.25) is 0 Å². The highest BCUT2D eigenvalue weighted by atomic mass is 16.5. The van der Waals surface area contributed by atoms with Crippen LogP contribution in [0.5, 0.6) is 11.5 Å². The highest BCUT2D eigenvalue weighted by Gasteiger charge is 2.06. The van der Waals surface area contributed by atoms with Crippen LogP contribution >= 0.6 is 0 Å². The van der Waals surface area contributed by atoms with Gasteiger partial charge in [0.25, 0.3) is 0 Å². The predicted molar refractivity (Wildman–Crippen MR) is 105 cm³/mol. The van der Waals surface area contributed by atoms with Gasteiger partial charge in [0.2, 0.25) is 0 Å². The van der Waals surface area contributed by atoms with E-state index in [2.05, 4.69) is 10.1 Å². The minimum absolute atomic E-state index is 0.204. The highest BCUT2D eigenvalue weighted by Crippen LogP contribution is 2.23. The molecule has 0 unspecified atom stereocenters. The molecule has 0 aliphatic rings. The van der Waals surface area contributed by atoms with Crippen molar-refractivity contribution in [1.82, 2.24) is 0 Å². The van der Waals surface area contributed by atoms with Crippen molar-refractivity contribution in [2.45, 2.75) is 6.61 Å². The van der Waals surface area contributed by atoms with E-state index in [4.69, 9.17) is 9.47 Å². The van der Waals surface area contributed by atoms with Crippen molar-refractivity contribution in [3.05, 3.63) is 90.0 Å². The normalized spacial score (nSPS) is 10.0. The molecular weight excluding hydrogens is 358 g/mol. The highest BCUT2D eigenvalue weighted by molar-refractivity contribution is 5.89. The van der Waals surface area contributed by atoms with Gasteiger partial charge in [0, 0.05) is 5.69 Å². The van der Waals surface area contributed by atoms with Crippen LogP contribution in [0.3, 0.4) is 0 Å². The van der Waals surface area contributed by atoms with Crippen LogP contribution < -0.4 is 10.1 Å². The van der Waals surface area contributed by atoms with Gasteiger partial charge in [0.05, 0.1) is 12.7 Å². The molecule has 3 aromatic carbocycles. The second kappa shape index (κ2) is 9.23. The molecule has 0 aromatic heterocycles. The lowest BCUT2D eigenvalue weighted by atomic mass is 10.2. The Balaban J connectivity index is 1.51. The fourth-order valence-corrected chi connectivity index (χ4v) is 2.40. The number of esters is 1. The summed E-state index contributed by atoms with van der Waals surface area (Å²) in [5.74, 6) is 0.769. The van der Waals surface area contributed by atoms with Gasteiger partial charge in [-0.2, -0.15) is 0 Å². The van der Waals surface area contributed by atoms with Crippen molar-refractivity contribution in [2.75, 3.05) is 12.4 Å². The number of methoxy groups -OCH3 is 1. The molecule has 0 heterocycles. The van der Waals surface area contributed by atoms with Crippen molar-refractivity contribution in [1.29, 1.82) is 0 Å². The molecule has 0 radical (unpaired) electrons. The maximum atomic E-state index is 11.9. The Bertz CT molecular complexity index is 921. The van der Waals surface area contributed by atoms with Crippen LogP contribution in [-0.4, -0.2) is 19.2 Å². The molecule has 6 nitrogen and oxygen atoms in total. The first-order valence-corrected chi connectivity index (χ1v) is 8.58. The lowest BCUT2D eigenvalue weighted by molar-refractivity contribution is 0.0600. The molecule has 28 heavy (non-hydrogen) atoms. The van der Waals surface area contributed by atoms with Crippen LogP contribution in [0.4, 0.5) is 10.5 Å². The first kappa shape index (κ1) is 19.0. The number of carbonyl (C=O) groups excluding carboxylic acids is 2. The molecule has 6 heteroatoms. The van der Waals surface area contributed by atoms with E-state index in [0.717, 1.165) is 5.56 Å². The Morgan fingerprint density at radius 1 is 0.821 bits per heavy atom. The van der Waals surface area contributed by atoms with Gasteiger partial charge in [0.1, 0.15) is 18.1 Å². The van der Waals surface area contributed by atoms with E-state index >= 15 is 0 Å². The molecule has 0 aliphatic heterocycles. The minimum Gasteiger partial charge on any atom is -0.465 e. The molecule has 0 spiro atoms. The number of nitrogens with one attached hydrogen (secondary N) is 1. The zero-order valence-electron chi connectivity index (χ0n) is 15.3. The number of hydrogen-bond donors (Lipinski definition) is 1. The molecule has 0 fully saturated rings. The summed E-state index contributed by atoms with van der Waals surface area (Å²) in [6.45, 7) is 0.204. The van der Waals surface area contributed by atoms with E-state index in [9.17, 15) is 9.59 Å². The fourth-order valence-electron chi connectivity index (χ4n) is 2.40. The smallest absolute Gasteiger partial charge is 0.411 e. The number of ether oxygens (including phenoxy) is 3. The van der Waals surface area contributed by atoms with E-state index < -0.39 is 12.1 Å². The second-order valence-corrected chi connectivity index (χ2v) is 5.83. The van der Waals surface area contributed by atoms with Gasteiger partial charge >= 0.3 is 12.1 Å². The first-order chi connectivity index (χ1) is 13.6. The summed E-state index contributed by atoms with van der Waals surface area (Å²) in [5, 5.41) is 2.66. The zero-order chi connectivity index (χ0) is 19.8. The third-order valence-corrected chi connectivity index (χ3v) is 3.82. The quantitative estimate of drug-likeness (QED) is 0.611. The van der Waals surface area contributed by atoms with E-state index in [1.54, 1.807) is 48.5 Å². The van der Waals surface area contributed by atoms with E-state index in [1.807, 2.05) is 30.3 Å². The van der Waals surface area contributed by atoms with Crippen molar-refractivity contribution < 1.29 is 23.8 Å². The van der Waals surface area contributed by atoms with Gasteiger partial charge in [-0.1, -0.05) is 30.3 Å². The van der Waals surface area contributed by atoms with E-state index in [1.165, 1.54) is 7.11 Å². The SMILES string of the molecule is COC(=O)c1ccc(Oc2ccc(NC(=O)OCc3ccccc3)cc2)cc1. The van der Waals surface area contributed by atoms with E-state index in [0.29, 0.717) is 22.7 Å². The van der Waals surface area contributed by atoms with Gasteiger partial charge in [-0.15, -0.1) is 0 Å². The van der Waals surface area contributed by atoms with Crippen LogP contribution in [0.1, 0.15) is 15.9 Å². The molecule has 1 amide bonds. The molecule has 0 aliphatic carbocycles. The molecule has 3 rings (SSSR count). The Hall–Kier alpha value is -3.80. The maximum absolute atomic E-state index is 11.9. The summed E-state index contributed by atoms with van der Waals surface area (Å²) in [4.78, 5) is 23.3. The number of carbonyl (C=O) groups is 2. The standard InChI is InChI=1S/C22H19NO5/c1-26-21(24)17-7-11-19(12-8-17)28-20-13-9-18(10-14-20)23-22(25)27-15-16-5-3-2-4-6-16/h2-14H,15H2,1H3,(H,23,25). The Labute approximate surface area is 162 Å². The minimum atomic E-state index is -0.532. The third kappa shape index (κ3) is 5.35. The van der Waals surface area contributed by atoms with Gasteiger partial charge in [-0.05, 0) is 54.1 Å². The number of rotatable bonds is 6. The lowest BCUT2D eigenvalue weighted by Crippen LogP contribution is -2.13. The van der Waals surface area contributed by atoms with Crippen LogP contribution in [0.25, 0.3) is 0 Å². The number of benzene rings is 3. The largest absolute Gasteiger partial charge is 0.465 e. The Morgan fingerprint density at radius 3 is 2.04 bits per heavy atom. The maximum Gasteiger partial charge on any atom is 0.411 e. The molecule has 142 valence electrons. The third-order valence-electron chi connectivity index (χ3n) is 3.82. The first-order valence-electron chi connectivity index (χ1n) is 8.58. The number of hydrogen-bond acceptors (Lipinski definition) is 5. The van der Waals surface area contributed by atoms with Gasteiger partial charge in [-0.3, -0.25) is 5.32 Å². The molecule has 3 aromatic rings. The van der Waals surface area contributed by atoms with Crippen LogP contribution in [-0.2, 0) is 16.1 Å². The summed E-state index contributed by atoms with van der Waals surface area (Å²) < 4.78 is 15.6. The topological polar surface area (TPSA) is 73.9 Å². The average molecular weight is 377 g/mol. The molecule has 0 atom stereocenters. The van der Waals surface area contributed by atoms with Gasteiger partial charge in [-0.25, -0.2) is 9.59 Å². The summed E-state index contributed by atoms with van der Waals surface area (Å²) in [7, 11) is 1.33. The molecule has 1 N–H and O–H groups in total. The Kier molecular flexibility index (Phi) is 6.25. The van der Waals surface area contributed by atoms with Gasteiger partial charge in [0.15, 0.2) is 0 Å².